The van der Waals surface area contributed by atoms with E-state index >= 15 is 0 Å². The maximum atomic E-state index is 11.3. The smallest absolute Gasteiger partial charge is 0.220 e. The minimum atomic E-state index is 0. The van der Waals surface area contributed by atoms with Crippen molar-refractivity contribution in [3.8, 4) is 0 Å². The molecule has 1 N–H and O–H groups in total. The van der Waals surface area contributed by atoms with E-state index < -0.39 is 0 Å². The van der Waals surface area contributed by atoms with Crippen LogP contribution in [0.4, 0.5) is 0 Å². The van der Waals surface area contributed by atoms with Gasteiger partial charge in [0.05, 0.1) is 46.2 Å². The molecular weight excluding hydrogens is 298 g/mol. The minimum Gasteiger partial charge on any atom is -0.379 e. The maximum absolute atomic E-state index is 11.3. The van der Waals surface area contributed by atoms with Gasteiger partial charge >= 0.3 is 0 Å². The summed E-state index contributed by atoms with van der Waals surface area (Å²) in [5.41, 5.74) is 0. The summed E-state index contributed by atoms with van der Waals surface area (Å²) in [4.78, 5) is 11.3. The van der Waals surface area contributed by atoms with Crippen molar-refractivity contribution in [2.75, 3.05) is 59.4 Å². The third kappa shape index (κ3) is 23.7. The van der Waals surface area contributed by atoms with Crippen LogP contribution in [0, 0.1) is 0 Å². The fourth-order valence-corrected chi connectivity index (χ4v) is 1.49. The zero-order valence-corrected chi connectivity index (χ0v) is 15.5. The minimum absolute atomic E-state index is 0. The molecule has 0 aliphatic heterocycles. The fourth-order valence-electron chi connectivity index (χ4n) is 1.49. The Morgan fingerprint density at radius 1 is 0.826 bits per heavy atom. The summed E-state index contributed by atoms with van der Waals surface area (Å²) in [6.45, 7) is 13.3. The van der Waals surface area contributed by atoms with Crippen LogP contribution in [0.2, 0.25) is 0 Å². The van der Waals surface area contributed by atoms with Crippen LogP contribution in [0.5, 0.6) is 0 Å². The highest BCUT2D eigenvalue weighted by atomic mass is 16.6. The van der Waals surface area contributed by atoms with Gasteiger partial charge in [0, 0.05) is 21.0 Å². The van der Waals surface area contributed by atoms with Gasteiger partial charge in [-0.3, -0.25) is 4.79 Å². The van der Waals surface area contributed by atoms with E-state index in [9.17, 15) is 4.79 Å². The average molecular weight is 338 g/mol. The van der Waals surface area contributed by atoms with Gasteiger partial charge in [-0.2, -0.15) is 0 Å². The van der Waals surface area contributed by atoms with Gasteiger partial charge in [0.2, 0.25) is 5.91 Å². The number of hydrogen-bond acceptors (Lipinski definition) is 5. The van der Waals surface area contributed by atoms with E-state index in [4.69, 9.17) is 18.9 Å². The van der Waals surface area contributed by atoms with E-state index in [1.54, 1.807) is 0 Å². The molecule has 0 heterocycles. The first-order valence-electron chi connectivity index (χ1n) is 8.88. The number of amides is 1. The molecule has 0 fully saturated rings. The summed E-state index contributed by atoms with van der Waals surface area (Å²) >= 11 is 0. The lowest BCUT2D eigenvalue weighted by molar-refractivity contribution is -0.121. The van der Waals surface area contributed by atoms with Crippen LogP contribution < -0.4 is 5.32 Å². The molecule has 0 bridgehead atoms. The van der Waals surface area contributed by atoms with Gasteiger partial charge in [-0.1, -0.05) is 27.2 Å². The maximum Gasteiger partial charge on any atom is 0.220 e. The van der Waals surface area contributed by atoms with E-state index in [1.807, 2.05) is 20.8 Å². The Morgan fingerprint density at radius 3 is 1.78 bits per heavy atom. The van der Waals surface area contributed by atoms with E-state index in [0.29, 0.717) is 59.2 Å². The first kappa shape index (κ1) is 24.6. The Hall–Kier alpha value is -0.690. The summed E-state index contributed by atoms with van der Waals surface area (Å²) in [5.74, 6) is 0.0981. The third-order valence-corrected chi connectivity index (χ3v) is 2.65. The van der Waals surface area contributed by atoms with Gasteiger partial charge in [-0.25, -0.2) is 0 Å². The SMILES string of the molecule is CC.CCCCC(=O)NCCOCCOCCOCCOCC.[HH]. The van der Waals surface area contributed by atoms with E-state index in [1.165, 1.54) is 0 Å². The number of unbranched alkanes of at least 4 members (excludes halogenated alkanes) is 1. The Morgan fingerprint density at radius 2 is 1.30 bits per heavy atom. The Kier molecular flexibility index (Phi) is 25.2. The summed E-state index contributed by atoms with van der Waals surface area (Å²) in [5, 5.41) is 2.82. The van der Waals surface area contributed by atoms with Crippen molar-refractivity contribution in [1.29, 1.82) is 0 Å². The largest absolute Gasteiger partial charge is 0.379 e. The van der Waals surface area contributed by atoms with Crippen molar-refractivity contribution in [2.24, 2.45) is 0 Å². The Balaban J connectivity index is -0.00000141. The van der Waals surface area contributed by atoms with Crippen LogP contribution in [0.25, 0.3) is 0 Å². The van der Waals surface area contributed by atoms with Crippen LogP contribution in [-0.2, 0) is 23.7 Å². The second-order valence-corrected chi connectivity index (χ2v) is 4.49. The van der Waals surface area contributed by atoms with Crippen LogP contribution in [-0.4, -0.2) is 65.3 Å². The van der Waals surface area contributed by atoms with Gasteiger partial charge in [0.25, 0.3) is 0 Å². The van der Waals surface area contributed by atoms with Gasteiger partial charge < -0.3 is 24.3 Å². The molecule has 0 aliphatic rings. The topological polar surface area (TPSA) is 66.0 Å². The monoisotopic (exact) mass is 337 g/mol. The molecule has 0 atom stereocenters. The molecule has 0 aliphatic carbocycles. The van der Waals surface area contributed by atoms with Crippen LogP contribution in [0.1, 0.15) is 48.4 Å². The number of hydrogen-bond donors (Lipinski definition) is 1. The summed E-state index contributed by atoms with van der Waals surface area (Å²) in [6, 6.07) is 0. The van der Waals surface area contributed by atoms with Crippen molar-refractivity contribution >= 4 is 5.91 Å². The molecule has 23 heavy (non-hydrogen) atoms. The Labute approximate surface area is 143 Å². The van der Waals surface area contributed by atoms with Gasteiger partial charge in [0.15, 0.2) is 0 Å². The van der Waals surface area contributed by atoms with Crippen molar-refractivity contribution in [3.05, 3.63) is 0 Å². The summed E-state index contributed by atoms with van der Waals surface area (Å²) < 4.78 is 21.1. The van der Waals surface area contributed by atoms with E-state index in [-0.39, 0.29) is 7.33 Å². The second-order valence-electron chi connectivity index (χ2n) is 4.49. The number of nitrogens with one attached hydrogen (secondary N) is 1. The molecule has 6 nitrogen and oxygen atoms in total. The number of carbonyl (C=O) groups excluding carboxylic acids is 1. The number of ether oxygens (including phenoxy) is 4. The zero-order valence-electron chi connectivity index (χ0n) is 15.5. The number of carbonyl (C=O) groups is 1. The predicted molar refractivity (Wildman–Crippen MR) is 94.9 cm³/mol. The van der Waals surface area contributed by atoms with Crippen molar-refractivity contribution < 1.29 is 25.2 Å². The Bertz CT molecular complexity index is 233. The quantitative estimate of drug-likeness (QED) is 0.439. The lowest BCUT2D eigenvalue weighted by atomic mass is 10.2. The molecule has 0 aromatic carbocycles. The molecule has 0 unspecified atom stereocenters. The van der Waals surface area contributed by atoms with Gasteiger partial charge in [0.1, 0.15) is 0 Å². The fraction of sp³-hybridized carbons (Fsp3) is 0.941. The highest BCUT2D eigenvalue weighted by molar-refractivity contribution is 5.75. The highest BCUT2D eigenvalue weighted by Crippen LogP contribution is 1.92. The second kappa shape index (κ2) is 23.6. The van der Waals surface area contributed by atoms with Crippen LogP contribution >= 0.6 is 0 Å². The van der Waals surface area contributed by atoms with E-state index in [2.05, 4.69) is 12.2 Å². The molecule has 0 aromatic rings. The van der Waals surface area contributed by atoms with Crippen molar-refractivity contribution in [1.82, 2.24) is 5.32 Å². The summed E-state index contributed by atoms with van der Waals surface area (Å²) in [7, 11) is 0. The highest BCUT2D eigenvalue weighted by Gasteiger charge is 1.98. The molecule has 142 valence electrons. The normalized spacial score (nSPS) is 10.1. The van der Waals surface area contributed by atoms with Crippen LogP contribution in [0.15, 0.2) is 0 Å². The van der Waals surface area contributed by atoms with Gasteiger partial charge in [-0.15, -0.1) is 0 Å². The predicted octanol–water partition coefficient (Wildman–Crippen LogP) is 2.65. The molecule has 0 rings (SSSR count). The zero-order chi connectivity index (χ0) is 17.6. The average Bonchev–Trinajstić information content (AvgIpc) is 2.59. The molecular formula is C17H39NO5. The first-order valence-corrected chi connectivity index (χ1v) is 8.88. The third-order valence-electron chi connectivity index (χ3n) is 2.65. The lowest BCUT2D eigenvalue weighted by Gasteiger charge is -2.07. The lowest BCUT2D eigenvalue weighted by Crippen LogP contribution is -2.27. The molecule has 0 aromatic heterocycles. The molecule has 0 spiro atoms. The summed E-state index contributed by atoms with van der Waals surface area (Å²) in [6.07, 6.45) is 2.58. The molecule has 6 heteroatoms. The molecule has 0 saturated heterocycles. The van der Waals surface area contributed by atoms with Crippen molar-refractivity contribution in [2.45, 2.75) is 47.0 Å². The molecule has 1 amide bonds. The molecule has 0 saturated carbocycles. The van der Waals surface area contributed by atoms with E-state index in [0.717, 1.165) is 19.4 Å². The van der Waals surface area contributed by atoms with Crippen molar-refractivity contribution in [3.63, 3.8) is 0 Å². The molecule has 0 radical (unpaired) electrons. The first-order chi connectivity index (χ1) is 11.3. The van der Waals surface area contributed by atoms with Crippen LogP contribution in [0.3, 0.4) is 0 Å². The standard InChI is InChI=1S/C15H31NO5.C2H6.H2/c1-3-5-6-15(17)16-7-8-19-11-12-21-14-13-20-10-9-18-4-2;1-2;/h3-14H2,1-2H3,(H,16,17);1-2H3;1H. The van der Waals surface area contributed by atoms with Gasteiger partial charge in [-0.05, 0) is 13.3 Å². The number of rotatable bonds is 16.